The van der Waals surface area contributed by atoms with Crippen molar-refractivity contribution in [2.24, 2.45) is 0 Å². The van der Waals surface area contributed by atoms with Gasteiger partial charge in [-0.3, -0.25) is 0 Å². The summed E-state index contributed by atoms with van der Waals surface area (Å²) in [5.74, 6) is 0. The highest BCUT2D eigenvalue weighted by Gasteiger charge is 2.56. The Morgan fingerprint density at radius 3 is 0.931 bits per heavy atom. The van der Waals surface area contributed by atoms with E-state index in [0.717, 1.165) is 0 Å². The molecule has 0 N–H and O–H groups in total. The monoisotopic (exact) mass is 1840 g/mol. The van der Waals surface area contributed by atoms with Crippen LogP contribution in [-0.4, -0.2) is 18.3 Å². The van der Waals surface area contributed by atoms with Crippen molar-refractivity contribution in [3.63, 3.8) is 0 Å². The number of aromatic nitrogens is 4. The molecule has 33 rings (SSSR count). The Labute approximate surface area is 840 Å². The van der Waals surface area contributed by atoms with Crippen LogP contribution < -0.4 is 0 Å². The average Bonchev–Trinajstić information content (AvgIpc) is 1.48. The molecule has 0 unspecified atom stereocenters. The van der Waals surface area contributed by atoms with E-state index in [2.05, 4.69) is 526 Å². The van der Waals surface area contributed by atoms with Gasteiger partial charge in [0.25, 0.3) is 0 Å². The summed E-state index contributed by atoms with van der Waals surface area (Å²) in [6.45, 7) is 28.8. The van der Waals surface area contributed by atoms with E-state index in [9.17, 15) is 0 Å². The van der Waals surface area contributed by atoms with Gasteiger partial charge in [0.15, 0.2) is 0 Å². The maximum absolute atomic E-state index is 2.56. The molecule has 1 spiro atoms. The second-order valence-electron chi connectivity index (χ2n) is 45.0. The van der Waals surface area contributed by atoms with Gasteiger partial charge in [0.1, 0.15) is 0 Å². The Morgan fingerprint density at radius 1 is 0.146 bits per heavy atom. The Kier molecular flexibility index (Phi) is 16.6. The number of fused-ring (bicyclic) bond motifs is 43. The molecule has 20 aromatic carbocycles. The summed E-state index contributed by atoms with van der Waals surface area (Å²) in [6.07, 6.45) is 0. The van der Waals surface area contributed by atoms with Gasteiger partial charge in [0, 0.05) is 75.6 Å². The van der Waals surface area contributed by atoms with E-state index in [-0.39, 0.29) is 37.9 Å². The molecular formula is C140H106N4. The summed E-state index contributed by atoms with van der Waals surface area (Å²) >= 11 is 0. The standard InChI is InChI=1S/C40H27N.C40H29N.2C30H25N/c1-39(2)32-20-10-12-22-35(32)41-34-21-11-6-16-27(34)36-37-28(23-33(39)38(36)41)26-15-5-9-19-31(26)40(37)29-17-7-3-13-24(29)25-14-4-8-18-30(25)40;1-39(2)31-20-10-9-18-28(31)29-24-25-35-36(37(29)39)30-19-13-22-33-38(30)41(35)34-23-12-11-21-32(34)40(33,26-14-5-3-6-15-26)27-16-7-4-8-17-27;1-29(2)22-13-7-5-11-18(22)20-17-21-19-12-6-9-15-24(19)31-25-16-10-8-14-23(25)30(3,4)27(26(20)29)28(21)31;1-29(2)22-14-8-10-16-25(22)31-24-15-9-6-12-19(24)26-27-20(17-23(29)28(26)31)18-11-5-7-13-21(18)30(27,3)4/h3-23H,1-2H3;3-25H,1-2H3;2*5-17H,1-4H3. The molecule has 5 aliphatic carbocycles. The van der Waals surface area contributed by atoms with Crippen molar-refractivity contribution in [2.75, 3.05) is 0 Å². The lowest BCUT2D eigenvalue weighted by Gasteiger charge is -2.41. The van der Waals surface area contributed by atoms with Gasteiger partial charge in [0.05, 0.1) is 77.7 Å². The van der Waals surface area contributed by atoms with Gasteiger partial charge in [-0.25, -0.2) is 0 Å². The minimum absolute atomic E-state index is 0.0273. The fraction of sp³-hybridized carbons (Fsp3) is 0.143. The normalized spacial score (nSPS) is 16.2. The van der Waals surface area contributed by atoms with E-state index in [0.29, 0.717) is 0 Å². The van der Waals surface area contributed by atoms with Gasteiger partial charge in [0.2, 0.25) is 0 Å². The molecule has 0 saturated carbocycles. The van der Waals surface area contributed by atoms with Gasteiger partial charge < -0.3 is 18.3 Å². The van der Waals surface area contributed by atoms with Crippen molar-refractivity contribution in [3.8, 4) is 78.4 Å². The molecule has 8 heterocycles. The maximum Gasteiger partial charge on any atom is 0.0742 e. The quantitative estimate of drug-likeness (QED) is 0.164. The first-order valence-electron chi connectivity index (χ1n) is 51.6. The fourth-order valence-electron chi connectivity index (χ4n) is 30.2. The summed E-state index contributed by atoms with van der Waals surface area (Å²) in [7, 11) is 0. The van der Waals surface area contributed by atoms with Crippen LogP contribution in [0.25, 0.3) is 166 Å². The lowest BCUT2D eigenvalue weighted by atomic mass is 9.63. The van der Waals surface area contributed by atoms with E-state index in [4.69, 9.17) is 0 Å². The number of benzene rings is 20. The Hall–Kier alpha value is -16.4. The molecule has 0 fully saturated rings. The van der Waals surface area contributed by atoms with Crippen molar-refractivity contribution >= 4 is 87.2 Å². The highest BCUT2D eigenvalue weighted by atomic mass is 15.0. The van der Waals surface area contributed by atoms with E-state index < -0.39 is 5.41 Å². The summed E-state index contributed by atoms with van der Waals surface area (Å²) < 4.78 is 10.2. The second kappa shape index (κ2) is 28.7. The maximum atomic E-state index is 2.56. The molecule has 4 aliphatic heterocycles. The van der Waals surface area contributed by atoms with Crippen molar-refractivity contribution < 1.29 is 0 Å². The van der Waals surface area contributed by atoms with Crippen molar-refractivity contribution in [2.45, 2.75) is 126 Å². The third-order valence-electron chi connectivity index (χ3n) is 36.1. The van der Waals surface area contributed by atoms with Gasteiger partial charge in [-0.2, -0.15) is 0 Å². The van der Waals surface area contributed by atoms with Gasteiger partial charge in [-0.05, 0) is 234 Å². The molecule has 0 bridgehead atoms. The molecule has 4 heteroatoms. The Morgan fingerprint density at radius 2 is 0.451 bits per heavy atom. The van der Waals surface area contributed by atoms with Gasteiger partial charge in [-0.1, -0.05) is 441 Å². The van der Waals surface area contributed by atoms with Crippen LogP contribution in [0.3, 0.4) is 0 Å². The van der Waals surface area contributed by atoms with Crippen LogP contribution in [-0.2, 0) is 43.3 Å². The summed E-state index contributed by atoms with van der Waals surface area (Å²) in [6, 6.07) is 159. The van der Waals surface area contributed by atoms with E-state index >= 15 is 0 Å². The van der Waals surface area contributed by atoms with Crippen molar-refractivity contribution in [3.05, 3.63) is 536 Å². The molecule has 9 aliphatic rings. The van der Waals surface area contributed by atoms with E-state index in [1.54, 1.807) is 0 Å². The summed E-state index contributed by atoms with van der Waals surface area (Å²) in [4.78, 5) is 0. The number of rotatable bonds is 2. The molecular weight excluding hydrogens is 1740 g/mol. The third kappa shape index (κ3) is 10.2. The molecule has 0 radical (unpaired) electrons. The lowest BCUT2D eigenvalue weighted by molar-refractivity contribution is 0.584. The lowest BCUT2D eigenvalue weighted by Crippen LogP contribution is -2.35. The molecule has 144 heavy (non-hydrogen) atoms. The first-order chi connectivity index (χ1) is 70.1. The van der Waals surface area contributed by atoms with Crippen molar-refractivity contribution in [1.82, 2.24) is 18.3 Å². The van der Waals surface area contributed by atoms with Crippen LogP contribution in [0.15, 0.2) is 425 Å². The predicted molar refractivity (Wildman–Crippen MR) is 600 cm³/mol. The van der Waals surface area contributed by atoms with Crippen LogP contribution >= 0.6 is 0 Å². The minimum Gasteiger partial charge on any atom is -0.309 e. The smallest absolute Gasteiger partial charge is 0.0742 e. The number of hydrogen-bond donors (Lipinski definition) is 0. The minimum atomic E-state index is -0.440. The van der Waals surface area contributed by atoms with Crippen LogP contribution in [0.1, 0.15) is 194 Å². The zero-order valence-electron chi connectivity index (χ0n) is 83.2. The summed E-state index contributed by atoms with van der Waals surface area (Å²) in [5.41, 5.74) is 56.5. The average molecular weight is 1840 g/mol. The van der Waals surface area contributed by atoms with E-state index in [1.807, 2.05) is 0 Å². The Bertz CT molecular complexity index is 9730. The number of hydrogen-bond acceptors (Lipinski definition) is 0. The molecule has 0 amide bonds. The predicted octanol–water partition coefficient (Wildman–Crippen LogP) is 35.0. The van der Waals surface area contributed by atoms with Gasteiger partial charge >= 0.3 is 0 Å². The van der Waals surface area contributed by atoms with E-state index in [1.165, 1.54) is 277 Å². The molecule has 4 aromatic heterocycles. The highest BCUT2D eigenvalue weighted by Crippen LogP contribution is 2.69. The zero-order chi connectivity index (χ0) is 96.7. The second-order valence-corrected chi connectivity index (χ2v) is 45.0. The fourth-order valence-corrected chi connectivity index (χ4v) is 30.2. The van der Waals surface area contributed by atoms with Crippen LogP contribution in [0.5, 0.6) is 0 Å². The zero-order valence-corrected chi connectivity index (χ0v) is 83.2. The topological polar surface area (TPSA) is 19.7 Å². The number of para-hydroxylation sites is 8. The first kappa shape index (κ1) is 83.4. The molecule has 0 atom stereocenters. The van der Waals surface area contributed by atoms with Crippen LogP contribution in [0, 0.1) is 0 Å². The summed E-state index contributed by atoms with van der Waals surface area (Å²) in [5, 5.41) is 11.0. The largest absolute Gasteiger partial charge is 0.309 e. The molecule has 686 valence electrons. The van der Waals surface area contributed by atoms with Crippen LogP contribution in [0.4, 0.5) is 0 Å². The molecule has 4 nitrogen and oxygen atoms in total. The van der Waals surface area contributed by atoms with Gasteiger partial charge in [-0.15, -0.1) is 0 Å². The number of nitrogens with zero attached hydrogens (tertiary/aromatic N) is 4. The molecule has 24 aromatic rings. The van der Waals surface area contributed by atoms with Crippen LogP contribution in [0.2, 0.25) is 0 Å². The SMILES string of the molecule is CC1(C)c2ccccc2-c2cc3c4c(c21)c1ccccc1n4-c1ccccc1C3(C)C.CC1(C)c2ccccc2-c2cc3c4ccccc4n4c3c(c21)C(C)(C)c1ccccc1-4.CC1(C)c2ccccc2-c2ccc3c(c21)c1cccc2c1n3-c1ccccc1C2(c1ccccc1)c1ccccc1.CC1(C)c2ccccc2-n2c3ccccc3c3c4c(cc1c32)-c1ccccc1C41c2ccccc2-c2ccccc21. The third-order valence-corrected chi connectivity index (χ3v) is 36.1. The Balaban J connectivity index is 0.0000000902. The van der Waals surface area contributed by atoms with Crippen molar-refractivity contribution in [1.29, 1.82) is 0 Å². The highest BCUT2D eigenvalue weighted by molar-refractivity contribution is 6.22. The molecule has 0 saturated heterocycles. The first-order valence-corrected chi connectivity index (χ1v) is 51.6.